The molecule has 1 N–H and O–H groups in total. The van der Waals surface area contributed by atoms with Gasteiger partial charge in [-0.1, -0.05) is 20.8 Å². The minimum atomic E-state index is -0.488. The zero-order valence-electron chi connectivity index (χ0n) is 10.2. The first-order valence-corrected chi connectivity index (χ1v) is 6.30. The maximum atomic E-state index is 10.6. The Labute approximate surface area is 109 Å². The SMILES string of the molecule is CC(CNC(C)C)Cn1cc(Br)c([N+](=O)[O-])n1. The standard InChI is InChI=1S/C10H17BrN4O2/c1-7(2)12-4-8(3)5-14-6-9(11)10(13-14)15(16)17/h6-8,12H,4-5H2,1-3H3. The third-order valence-electron chi connectivity index (χ3n) is 2.25. The molecule has 0 aliphatic carbocycles. The monoisotopic (exact) mass is 304 g/mol. The van der Waals surface area contributed by atoms with Gasteiger partial charge in [0.05, 0.1) is 17.8 Å². The quantitative estimate of drug-likeness (QED) is 0.646. The normalized spacial score (nSPS) is 13.0. The molecule has 1 aromatic heterocycles. The highest BCUT2D eigenvalue weighted by atomic mass is 79.9. The van der Waals surface area contributed by atoms with E-state index in [1.807, 2.05) is 0 Å². The summed E-state index contributed by atoms with van der Waals surface area (Å²) in [5.74, 6) is 0.234. The van der Waals surface area contributed by atoms with E-state index in [9.17, 15) is 10.1 Å². The van der Waals surface area contributed by atoms with Crippen molar-refractivity contribution < 1.29 is 4.92 Å². The van der Waals surface area contributed by atoms with Crippen molar-refractivity contribution in [3.05, 3.63) is 20.8 Å². The molecule has 0 spiro atoms. The highest BCUT2D eigenvalue weighted by Gasteiger charge is 2.19. The van der Waals surface area contributed by atoms with Gasteiger partial charge < -0.3 is 15.4 Å². The lowest BCUT2D eigenvalue weighted by atomic mass is 10.2. The van der Waals surface area contributed by atoms with Crippen molar-refractivity contribution in [1.82, 2.24) is 15.1 Å². The van der Waals surface area contributed by atoms with Crippen molar-refractivity contribution in [2.75, 3.05) is 6.54 Å². The maximum Gasteiger partial charge on any atom is 0.404 e. The summed E-state index contributed by atoms with van der Waals surface area (Å²) in [6.07, 6.45) is 1.64. The van der Waals surface area contributed by atoms with Gasteiger partial charge in [0.25, 0.3) is 0 Å². The van der Waals surface area contributed by atoms with Gasteiger partial charge in [-0.3, -0.25) is 0 Å². The predicted octanol–water partition coefficient (Wildman–Crippen LogP) is 2.19. The van der Waals surface area contributed by atoms with Crippen molar-refractivity contribution in [3.8, 4) is 0 Å². The van der Waals surface area contributed by atoms with E-state index in [-0.39, 0.29) is 5.82 Å². The fourth-order valence-electron chi connectivity index (χ4n) is 1.42. The average Bonchev–Trinajstić information content (AvgIpc) is 2.56. The van der Waals surface area contributed by atoms with E-state index in [0.717, 1.165) is 6.54 Å². The summed E-state index contributed by atoms with van der Waals surface area (Å²) in [6.45, 7) is 7.77. The summed E-state index contributed by atoms with van der Waals surface area (Å²) in [7, 11) is 0. The molecule has 0 saturated carbocycles. The van der Waals surface area contributed by atoms with Gasteiger partial charge in [-0.25, -0.2) is 0 Å². The van der Waals surface area contributed by atoms with Crippen LogP contribution in [0, 0.1) is 16.0 Å². The second kappa shape index (κ2) is 6.11. The second-order valence-electron chi connectivity index (χ2n) is 4.45. The van der Waals surface area contributed by atoms with Crippen LogP contribution in [-0.2, 0) is 6.54 Å². The first kappa shape index (κ1) is 14.1. The minimum Gasteiger partial charge on any atom is -0.358 e. The van der Waals surface area contributed by atoms with Gasteiger partial charge in [0, 0.05) is 6.04 Å². The molecule has 0 aromatic carbocycles. The summed E-state index contributed by atoms with van der Waals surface area (Å²) in [6, 6.07) is 0.441. The Morgan fingerprint density at radius 2 is 2.24 bits per heavy atom. The zero-order chi connectivity index (χ0) is 13.0. The highest BCUT2D eigenvalue weighted by Crippen LogP contribution is 2.22. The molecule has 1 heterocycles. The van der Waals surface area contributed by atoms with Gasteiger partial charge in [0.15, 0.2) is 0 Å². The first-order valence-electron chi connectivity index (χ1n) is 5.51. The molecule has 6 nitrogen and oxygen atoms in total. The van der Waals surface area contributed by atoms with E-state index in [4.69, 9.17) is 0 Å². The van der Waals surface area contributed by atoms with Crippen LogP contribution in [0.1, 0.15) is 20.8 Å². The lowest BCUT2D eigenvalue weighted by Crippen LogP contribution is -2.29. The van der Waals surface area contributed by atoms with E-state index >= 15 is 0 Å². The Hall–Kier alpha value is -0.950. The number of hydrogen-bond acceptors (Lipinski definition) is 4. The van der Waals surface area contributed by atoms with Crippen molar-refractivity contribution in [3.63, 3.8) is 0 Å². The molecule has 1 unspecified atom stereocenters. The number of aromatic nitrogens is 2. The van der Waals surface area contributed by atoms with E-state index in [1.54, 1.807) is 10.9 Å². The maximum absolute atomic E-state index is 10.6. The molecular formula is C10H17BrN4O2. The van der Waals surface area contributed by atoms with Gasteiger partial charge in [0.1, 0.15) is 4.47 Å². The Morgan fingerprint density at radius 1 is 1.59 bits per heavy atom. The smallest absolute Gasteiger partial charge is 0.358 e. The van der Waals surface area contributed by atoms with Crippen molar-refractivity contribution >= 4 is 21.7 Å². The Morgan fingerprint density at radius 3 is 2.71 bits per heavy atom. The van der Waals surface area contributed by atoms with E-state index in [2.05, 4.69) is 47.1 Å². The van der Waals surface area contributed by atoms with Crippen molar-refractivity contribution in [2.45, 2.75) is 33.4 Å². The molecule has 0 amide bonds. The Bertz CT molecular complexity index is 392. The molecule has 0 radical (unpaired) electrons. The number of nitrogens with zero attached hydrogens (tertiary/aromatic N) is 3. The number of hydrogen-bond donors (Lipinski definition) is 1. The fourth-order valence-corrected chi connectivity index (χ4v) is 1.89. The molecule has 7 heteroatoms. The zero-order valence-corrected chi connectivity index (χ0v) is 11.8. The molecule has 0 aliphatic heterocycles. The molecule has 96 valence electrons. The van der Waals surface area contributed by atoms with Crippen LogP contribution in [0.15, 0.2) is 10.7 Å². The third-order valence-corrected chi connectivity index (χ3v) is 2.80. The largest absolute Gasteiger partial charge is 0.404 e. The number of nitrogens with one attached hydrogen (secondary N) is 1. The van der Waals surface area contributed by atoms with Crippen LogP contribution in [0.4, 0.5) is 5.82 Å². The van der Waals surface area contributed by atoms with Crippen LogP contribution in [-0.4, -0.2) is 27.3 Å². The number of nitro groups is 1. The van der Waals surface area contributed by atoms with E-state index in [1.165, 1.54) is 0 Å². The summed E-state index contributed by atoms with van der Waals surface area (Å²) in [5.41, 5.74) is 0. The Balaban J connectivity index is 2.57. The summed E-state index contributed by atoms with van der Waals surface area (Å²) < 4.78 is 2.03. The van der Waals surface area contributed by atoms with Crippen LogP contribution < -0.4 is 5.32 Å². The van der Waals surface area contributed by atoms with Crippen LogP contribution in [0.25, 0.3) is 0 Å². The molecule has 0 fully saturated rings. The lowest BCUT2D eigenvalue weighted by Gasteiger charge is -2.13. The second-order valence-corrected chi connectivity index (χ2v) is 5.30. The molecule has 17 heavy (non-hydrogen) atoms. The number of rotatable bonds is 6. The minimum absolute atomic E-state index is 0.131. The molecular weight excluding hydrogens is 288 g/mol. The van der Waals surface area contributed by atoms with E-state index < -0.39 is 4.92 Å². The van der Waals surface area contributed by atoms with Gasteiger partial charge in [-0.2, -0.15) is 4.68 Å². The van der Waals surface area contributed by atoms with Gasteiger partial charge >= 0.3 is 5.82 Å². The molecule has 0 bridgehead atoms. The fraction of sp³-hybridized carbons (Fsp3) is 0.700. The topological polar surface area (TPSA) is 73.0 Å². The van der Waals surface area contributed by atoms with Crippen LogP contribution >= 0.6 is 15.9 Å². The summed E-state index contributed by atoms with van der Waals surface area (Å²) >= 11 is 3.13. The van der Waals surface area contributed by atoms with Crippen LogP contribution in [0.2, 0.25) is 0 Å². The molecule has 1 atom stereocenters. The Kier molecular flexibility index (Phi) is 5.07. The van der Waals surface area contributed by atoms with Gasteiger partial charge in [0.2, 0.25) is 0 Å². The van der Waals surface area contributed by atoms with E-state index in [0.29, 0.717) is 23.0 Å². The molecule has 0 saturated heterocycles. The van der Waals surface area contributed by atoms with Crippen LogP contribution in [0.5, 0.6) is 0 Å². The highest BCUT2D eigenvalue weighted by molar-refractivity contribution is 9.10. The average molecular weight is 305 g/mol. The van der Waals surface area contributed by atoms with Crippen molar-refractivity contribution in [2.24, 2.45) is 5.92 Å². The summed E-state index contributed by atoms with van der Waals surface area (Å²) in [5, 5.41) is 17.9. The number of halogens is 1. The molecule has 1 aromatic rings. The van der Waals surface area contributed by atoms with Gasteiger partial charge in [-0.15, -0.1) is 0 Å². The first-order chi connectivity index (χ1) is 7.90. The third kappa shape index (κ3) is 4.43. The van der Waals surface area contributed by atoms with Crippen LogP contribution in [0.3, 0.4) is 0 Å². The molecule has 1 rings (SSSR count). The van der Waals surface area contributed by atoms with Crippen molar-refractivity contribution in [1.29, 1.82) is 0 Å². The predicted molar refractivity (Wildman–Crippen MR) is 68.9 cm³/mol. The molecule has 0 aliphatic rings. The van der Waals surface area contributed by atoms with Gasteiger partial charge in [-0.05, 0) is 33.3 Å². The lowest BCUT2D eigenvalue weighted by molar-refractivity contribution is -0.390. The summed E-state index contributed by atoms with van der Waals surface area (Å²) in [4.78, 5) is 10.1.